The van der Waals surface area contributed by atoms with Gasteiger partial charge in [-0.05, 0) is 170 Å². The Bertz CT molecular complexity index is 4650. The lowest BCUT2D eigenvalue weighted by Gasteiger charge is -2.45. The van der Waals surface area contributed by atoms with Crippen LogP contribution in [0.25, 0.3) is 99.1 Å². The molecule has 12 aromatic rings. The fourth-order valence-corrected chi connectivity index (χ4v) is 15.0. The molecule has 0 saturated heterocycles. The molecule has 0 fully saturated rings. The topological polar surface area (TPSA) is 9.86 Å². The Morgan fingerprint density at radius 2 is 0.846 bits per heavy atom. The van der Waals surface area contributed by atoms with E-state index < -0.39 is 5.41 Å². The van der Waals surface area contributed by atoms with Gasteiger partial charge in [-0.2, -0.15) is 0 Å². The van der Waals surface area contributed by atoms with Crippen LogP contribution in [0, 0.1) is 0 Å². The number of hydrogen-bond acceptors (Lipinski definition) is 0. The fourth-order valence-electron chi connectivity index (χ4n) is 15.0. The van der Waals surface area contributed by atoms with E-state index in [-0.39, 0.29) is 28.4 Å². The monoisotopic (exact) mass is 1000 g/mol. The quantitative estimate of drug-likeness (QED) is 0.153. The molecule has 378 valence electrons. The summed E-state index contributed by atoms with van der Waals surface area (Å²) in [6, 6.07) is 69.9. The number of benzene rings is 10. The van der Waals surface area contributed by atoms with Crippen LogP contribution >= 0.6 is 0 Å². The van der Waals surface area contributed by atoms with E-state index in [9.17, 15) is 0 Å². The van der Waals surface area contributed by atoms with Crippen molar-refractivity contribution in [2.24, 2.45) is 0 Å². The van der Waals surface area contributed by atoms with Crippen LogP contribution in [0.15, 0.2) is 176 Å². The largest absolute Gasteiger partial charge is 0.310 e. The molecular formula is C75H65BN2. The van der Waals surface area contributed by atoms with Crippen molar-refractivity contribution in [1.82, 2.24) is 9.13 Å². The molecule has 2 aromatic heterocycles. The molecule has 3 aliphatic heterocycles. The van der Waals surface area contributed by atoms with E-state index in [1.54, 1.807) is 0 Å². The van der Waals surface area contributed by atoms with Gasteiger partial charge in [-0.15, -0.1) is 0 Å². The van der Waals surface area contributed by atoms with Crippen molar-refractivity contribution in [2.75, 3.05) is 0 Å². The van der Waals surface area contributed by atoms with Crippen LogP contribution in [-0.4, -0.2) is 15.8 Å². The molecule has 0 radical (unpaired) electrons. The number of fused-ring (bicyclic) bond motifs is 15. The zero-order valence-corrected chi connectivity index (χ0v) is 47.2. The van der Waals surface area contributed by atoms with Gasteiger partial charge < -0.3 is 9.13 Å². The first-order valence-corrected chi connectivity index (χ1v) is 28.5. The summed E-state index contributed by atoms with van der Waals surface area (Å²) in [6.45, 7) is 28.7. The second kappa shape index (κ2) is 14.8. The van der Waals surface area contributed by atoms with Crippen LogP contribution in [0.1, 0.15) is 128 Å². The second-order valence-electron chi connectivity index (χ2n) is 27.7. The Morgan fingerprint density at radius 1 is 0.333 bits per heavy atom. The van der Waals surface area contributed by atoms with Crippen molar-refractivity contribution in [1.29, 1.82) is 0 Å². The molecule has 78 heavy (non-hydrogen) atoms. The maximum absolute atomic E-state index is 2.81. The molecule has 0 bridgehead atoms. The number of aromatic nitrogens is 2. The minimum absolute atomic E-state index is 0.0269. The summed E-state index contributed by atoms with van der Waals surface area (Å²) in [7, 11) is 0. The van der Waals surface area contributed by atoms with Crippen molar-refractivity contribution in [3.8, 4) is 44.8 Å². The molecule has 0 atom stereocenters. The van der Waals surface area contributed by atoms with Crippen LogP contribution in [-0.2, 0) is 27.1 Å². The molecule has 0 N–H and O–H groups in total. The summed E-state index contributed by atoms with van der Waals surface area (Å²) in [5.74, 6) is 0. The summed E-state index contributed by atoms with van der Waals surface area (Å²) >= 11 is 0. The van der Waals surface area contributed by atoms with Crippen molar-refractivity contribution in [2.45, 2.75) is 110 Å². The van der Waals surface area contributed by atoms with E-state index in [1.165, 1.54) is 160 Å². The van der Waals surface area contributed by atoms with Crippen LogP contribution in [0.2, 0.25) is 0 Å². The van der Waals surface area contributed by atoms with Crippen molar-refractivity contribution >= 4 is 77.5 Å². The SMILES string of the molecule is CC(C)(C)c1ccc2c(c1)c1cc(C(C)(C)C)cc3c1n2-c1c(-c2ccc4ccc(-c5ccccc5)cc4c2)cc2c4c1B3c1cc(C(C)(C)C)cc3c5cc(C(C)(C)C)cc(c5n-4c13)C21c2ccccc2-c2ccccc21. The van der Waals surface area contributed by atoms with Gasteiger partial charge in [0.15, 0.2) is 0 Å². The average molecular weight is 1010 g/mol. The molecule has 4 aliphatic rings. The third kappa shape index (κ3) is 5.85. The number of rotatable bonds is 2. The fraction of sp³-hybridized carbons (Fsp3) is 0.227. The summed E-state index contributed by atoms with van der Waals surface area (Å²) < 4.78 is 5.56. The lowest BCUT2D eigenvalue weighted by molar-refractivity contribution is 0.588. The van der Waals surface area contributed by atoms with E-state index in [0.29, 0.717) is 0 Å². The van der Waals surface area contributed by atoms with Crippen molar-refractivity contribution in [3.63, 3.8) is 0 Å². The van der Waals surface area contributed by atoms with E-state index in [1.807, 2.05) is 0 Å². The molecule has 0 saturated carbocycles. The van der Waals surface area contributed by atoms with Crippen LogP contribution in [0.3, 0.4) is 0 Å². The van der Waals surface area contributed by atoms with Gasteiger partial charge in [-0.1, -0.05) is 210 Å². The third-order valence-electron chi connectivity index (χ3n) is 19.0. The van der Waals surface area contributed by atoms with Gasteiger partial charge in [0.1, 0.15) is 0 Å². The highest BCUT2D eigenvalue weighted by Gasteiger charge is 2.55. The maximum atomic E-state index is 2.81. The minimum Gasteiger partial charge on any atom is -0.310 e. The zero-order chi connectivity index (χ0) is 53.5. The first kappa shape index (κ1) is 46.2. The Kier molecular flexibility index (Phi) is 8.79. The van der Waals surface area contributed by atoms with Gasteiger partial charge in [0.2, 0.25) is 0 Å². The third-order valence-corrected chi connectivity index (χ3v) is 19.0. The molecule has 0 amide bonds. The molecule has 3 heteroatoms. The van der Waals surface area contributed by atoms with Crippen molar-refractivity contribution in [3.05, 3.63) is 220 Å². The summed E-state index contributed by atoms with van der Waals surface area (Å²) in [5, 5.41) is 7.89. The highest BCUT2D eigenvalue weighted by molar-refractivity contribution is 7.00. The van der Waals surface area contributed by atoms with Gasteiger partial charge in [0.05, 0.1) is 22.1 Å². The summed E-state index contributed by atoms with van der Waals surface area (Å²) in [4.78, 5) is 0. The first-order chi connectivity index (χ1) is 37.2. The van der Waals surface area contributed by atoms with Crippen molar-refractivity contribution < 1.29 is 0 Å². The molecule has 16 rings (SSSR count). The van der Waals surface area contributed by atoms with E-state index in [4.69, 9.17) is 0 Å². The number of nitrogens with zero attached hydrogens (tertiary/aromatic N) is 2. The lowest BCUT2D eigenvalue weighted by atomic mass is 9.33. The highest BCUT2D eigenvalue weighted by atomic mass is 15.1. The zero-order valence-electron chi connectivity index (χ0n) is 47.2. The highest BCUT2D eigenvalue weighted by Crippen LogP contribution is 2.63. The first-order valence-electron chi connectivity index (χ1n) is 28.5. The lowest BCUT2D eigenvalue weighted by Crippen LogP contribution is -2.61. The predicted molar refractivity (Wildman–Crippen MR) is 334 cm³/mol. The van der Waals surface area contributed by atoms with Gasteiger partial charge in [0.25, 0.3) is 6.71 Å². The molecule has 5 heterocycles. The Labute approximate surface area is 459 Å². The molecule has 0 unspecified atom stereocenters. The average Bonchev–Trinajstić information content (AvgIpc) is 1.77. The maximum Gasteiger partial charge on any atom is 0.252 e. The normalized spacial score (nSPS) is 14.7. The molecular weight excluding hydrogens is 940 g/mol. The van der Waals surface area contributed by atoms with Gasteiger partial charge >= 0.3 is 0 Å². The smallest absolute Gasteiger partial charge is 0.252 e. The molecule has 1 spiro atoms. The molecule has 10 aromatic carbocycles. The second-order valence-corrected chi connectivity index (χ2v) is 27.7. The number of hydrogen-bond donors (Lipinski definition) is 0. The summed E-state index contributed by atoms with van der Waals surface area (Å²) in [6.07, 6.45) is 0. The standard InChI is InChI=1S/C75H65BN2/c1-71(2,3)47-30-31-64-54(34-47)55-36-49(73(7,8)9)39-62-67(55)77(64)69-53(45-29-27-43-26-28-44(32-46(43)33-45)42-20-14-13-15-21-42)41-61-70-65(69)76(62)63-40-50(74(10,11)12)37-57-56-35-48(72(4,5)6)38-60(66(56)78(70)68(57)63)75(61)58-24-18-16-22-51(58)52-23-17-19-25-59(52)75/h13-41H,1-12H3. The van der Waals surface area contributed by atoms with Gasteiger partial charge in [-0.25, -0.2) is 0 Å². The predicted octanol–water partition coefficient (Wildman–Crippen LogP) is 17.4. The molecule has 1 aliphatic carbocycles. The van der Waals surface area contributed by atoms with Crippen LogP contribution in [0.5, 0.6) is 0 Å². The Balaban J connectivity index is 1.18. The van der Waals surface area contributed by atoms with Gasteiger partial charge in [0, 0.05) is 43.8 Å². The van der Waals surface area contributed by atoms with E-state index in [0.717, 1.165) is 0 Å². The minimum atomic E-state index is -0.633. The van der Waals surface area contributed by atoms with Crippen LogP contribution < -0.4 is 16.4 Å². The van der Waals surface area contributed by atoms with Gasteiger partial charge in [-0.3, -0.25) is 0 Å². The Hall–Kier alpha value is -7.88. The molecule has 2 nitrogen and oxygen atoms in total. The summed E-state index contributed by atoms with van der Waals surface area (Å²) in [5.41, 5.74) is 29.9. The van der Waals surface area contributed by atoms with E-state index >= 15 is 0 Å². The Morgan fingerprint density at radius 3 is 1.46 bits per heavy atom. The van der Waals surface area contributed by atoms with Crippen LogP contribution in [0.4, 0.5) is 0 Å². The van der Waals surface area contributed by atoms with E-state index in [2.05, 4.69) is 268 Å².